The van der Waals surface area contributed by atoms with Crippen molar-refractivity contribution in [3.63, 3.8) is 0 Å². The molecule has 1 N–H and O–H groups in total. The molecule has 0 aliphatic rings. The van der Waals surface area contributed by atoms with Crippen LogP contribution in [0.1, 0.15) is 81.0 Å². The predicted octanol–water partition coefficient (Wildman–Crippen LogP) is 11.1. The van der Waals surface area contributed by atoms with Crippen molar-refractivity contribution in [2.75, 3.05) is 40.6 Å². The number of unbranched alkanes of at least 4 members (excludes halogenated alkanes) is 6. The number of hydrogen-bond acceptors (Lipinski definition) is 10. The molecule has 0 fully saturated rings. The van der Waals surface area contributed by atoms with Crippen molar-refractivity contribution >= 4 is 34.8 Å². The summed E-state index contributed by atoms with van der Waals surface area (Å²) in [5.74, 6) is 1.84. The third-order valence-electron chi connectivity index (χ3n) is 9.74. The smallest absolute Gasteiger partial charge is 0.289 e. The quantitative estimate of drug-likeness (QED) is 0.0584. The fraction of sp³-hybridized carbons (Fsp3) is 0.373. The second-order valence-electron chi connectivity index (χ2n) is 14.7. The predicted molar refractivity (Wildman–Crippen MR) is 265 cm³/mol. The van der Waals surface area contributed by atoms with Crippen LogP contribution in [0, 0.1) is 0 Å². The standard InChI is InChI=1S/C25H29ClN2O4.C13H20O2.C12H10Cl2N2O2.CH4/c1-30-22-13-11-20(12-14-22)18-28-25(29)24(26)23(17-27-28)32-16-8-3-2-7-15-31-19-21-9-5-4-6-10-21;14-10-6-1-2-7-11-15-12-13-8-4-3-5-9-13;1-18-9-4-2-8(3-5-9)7-16-12(17)11(14)10(13)6-15-16;/h4-6,9-14,17H,2-3,7-8,15-16,18-19H2,1H3;3-5,8-9,14H,1-2,6-7,10-12H2;2-6H,7H2,1H3;1H4. The molecule has 0 saturated heterocycles. The van der Waals surface area contributed by atoms with Crippen molar-refractivity contribution in [3.05, 3.63) is 180 Å². The summed E-state index contributed by atoms with van der Waals surface area (Å²) in [4.78, 5) is 24.3. The number of rotatable bonds is 24. The first-order valence-electron chi connectivity index (χ1n) is 21.6. The molecule has 2 aromatic heterocycles. The van der Waals surface area contributed by atoms with E-state index in [0.29, 0.717) is 45.3 Å². The minimum Gasteiger partial charge on any atom is -0.497 e. The van der Waals surface area contributed by atoms with E-state index in [1.54, 1.807) is 14.2 Å². The molecule has 356 valence electrons. The lowest BCUT2D eigenvalue weighted by molar-refractivity contribution is 0.116. The first-order valence-corrected chi connectivity index (χ1v) is 22.7. The number of aromatic nitrogens is 4. The highest BCUT2D eigenvalue weighted by Gasteiger charge is 2.12. The molecule has 0 spiro atoms. The number of halogens is 3. The summed E-state index contributed by atoms with van der Waals surface area (Å²) in [7, 11) is 3.21. The van der Waals surface area contributed by atoms with Gasteiger partial charge in [-0.3, -0.25) is 9.59 Å². The molecule has 4 aromatic carbocycles. The molecule has 0 amide bonds. The maximum absolute atomic E-state index is 12.5. The van der Waals surface area contributed by atoms with Gasteiger partial charge < -0.3 is 28.8 Å². The second-order valence-corrected chi connectivity index (χ2v) is 15.9. The van der Waals surface area contributed by atoms with Gasteiger partial charge in [-0.2, -0.15) is 10.2 Å². The largest absolute Gasteiger partial charge is 0.497 e. The van der Waals surface area contributed by atoms with E-state index < -0.39 is 5.56 Å². The molecule has 0 aliphatic heterocycles. The van der Waals surface area contributed by atoms with Crippen molar-refractivity contribution in [3.8, 4) is 17.2 Å². The summed E-state index contributed by atoms with van der Waals surface area (Å²) < 4.78 is 29.7. The molecule has 2 heterocycles. The highest BCUT2D eigenvalue weighted by atomic mass is 35.5. The first-order chi connectivity index (χ1) is 31.7. The number of benzene rings is 4. The molecule has 15 heteroatoms. The summed E-state index contributed by atoms with van der Waals surface area (Å²) in [6.45, 7) is 4.40. The summed E-state index contributed by atoms with van der Waals surface area (Å²) >= 11 is 17.7. The molecular weight excluding hydrogens is 903 g/mol. The highest BCUT2D eigenvalue weighted by molar-refractivity contribution is 6.41. The minimum absolute atomic E-state index is 0. The van der Waals surface area contributed by atoms with Gasteiger partial charge in [0, 0.05) is 19.8 Å². The third kappa shape index (κ3) is 20.5. The average Bonchev–Trinajstić information content (AvgIpc) is 3.34. The molecule has 0 unspecified atom stereocenters. The molecule has 0 aliphatic carbocycles. The van der Waals surface area contributed by atoms with Crippen LogP contribution in [0.3, 0.4) is 0 Å². The van der Waals surface area contributed by atoms with Gasteiger partial charge in [0.1, 0.15) is 16.5 Å². The Kier molecular flexibility index (Phi) is 27.1. The van der Waals surface area contributed by atoms with E-state index in [-0.39, 0.29) is 28.1 Å². The number of hydrogen-bond donors (Lipinski definition) is 1. The Morgan fingerprint density at radius 1 is 0.515 bits per heavy atom. The van der Waals surface area contributed by atoms with Crippen LogP contribution in [0.4, 0.5) is 0 Å². The fourth-order valence-electron chi connectivity index (χ4n) is 6.07. The van der Waals surface area contributed by atoms with Gasteiger partial charge in [0.25, 0.3) is 11.1 Å². The molecule has 6 aromatic rings. The van der Waals surface area contributed by atoms with Crippen LogP contribution in [0.2, 0.25) is 15.1 Å². The van der Waals surface area contributed by atoms with Crippen molar-refractivity contribution in [1.82, 2.24) is 19.6 Å². The molecule has 0 radical (unpaired) electrons. The van der Waals surface area contributed by atoms with Crippen molar-refractivity contribution in [2.45, 2.75) is 85.1 Å². The molecule has 0 saturated carbocycles. The van der Waals surface area contributed by atoms with E-state index in [1.807, 2.05) is 84.9 Å². The molecule has 0 bridgehead atoms. The summed E-state index contributed by atoms with van der Waals surface area (Å²) in [5, 5.41) is 16.9. The summed E-state index contributed by atoms with van der Waals surface area (Å²) in [5.41, 5.74) is 3.50. The maximum atomic E-state index is 12.5. The van der Waals surface area contributed by atoms with Gasteiger partial charge in [0.15, 0.2) is 10.8 Å². The van der Waals surface area contributed by atoms with E-state index in [1.165, 1.54) is 32.9 Å². The van der Waals surface area contributed by atoms with Gasteiger partial charge in [-0.05, 0) is 78.6 Å². The Labute approximate surface area is 403 Å². The van der Waals surface area contributed by atoms with E-state index in [4.69, 9.17) is 63.6 Å². The van der Waals surface area contributed by atoms with Crippen LogP contribution in [0.15, 0.2) is 131 Å². The van der Waals surface area contributed by atoms with E-state index >= 15 is 0 Å². The Balaban J connectivity index is 0.000000287. The van der Waals surface area contributed by atoms with Gasteiger partial charge >= 0.3 is 0 Å². The topological polar surface area (TPSA) is 136 Å². The minimum atomic E-state index is -0.403. The lowest BCUT2D eigenvalue weighted by Gasteiger charge is -2.10. The highest BCUT2D eigenvalue weighted by Crippen LogP contribution is 2.20. The Morgan fingerprint density at radius 3 is 1.39 bits per heavy atom. The average molecular weight is 966 g/mol. The number of aliphatic hydroxyl groups is 1. The van der Waals surface area contributed by atoms with Gasteiger partial charge in [0.05, 0.1) is 64.5 Å². The molecule has 6 rings (SSSR count). The number of nitrogens with zero attached hydrogens (tertiary/aromatic N) is 4. The Morgan fingerprint density at radius 2 is 0.939 bits per heavy atom. The van der Waals surface area contributed by atoms with Crippen LogP contribution < -0.4 is 25.3 Å². The molecule has 66 heavy (non-hydrogen) atoms. The van der Waals surface area contributed by atoms with Crippen LogP contribution in [-0.4, -0.2) is 65.3 Å². The van der Waals surface area contributed by atoms with Gasteiger partial charge in [0.2, 0.25) is 0 Å². The van der Waals surface area contributed by atoms with Gasteiger partial charge in [-0.25, -0.2) is 9.36 Å². The van der Waals surface area contributed by atoms with Crippen molar-refractivity contribution < 1.29 is 28.8 Å². The van der Waals surface area contributed by atoms with Crippen LogP contribution in [0.25, 0.3) is 0 Å². The zero-order valence-electron chi connectivity index (χ0n) is 37.1. The lowest BCUT2D eigenvalue weighted by atomic mass is 10.2. The zero-order chi connectivity index (χ0) is 46.5. The Bertz CT molecular complexity index is 2330. The van der Waals surface area contributed by atoms with Gasteiger partial charge in [-0.15, -0.1) is 0 Å². The summed E-state index contributed by atoms with van der Waals surface area (Å²) in [6.07, 6.45) is 11.1. The molecule has 12 nitrogen and oxygen atoms in total. The lowest BCUT2D eigenvalue weighted by Crippen LogP contribution is -2.24. The Hall–Kier alpha value is -5.21. The number of ether oxygens (including phenoxy) is 5. The number of aliphatic hydroxyl groups excluding tert-OH is 1. The van der Waals surface area contributed by atoms with Crippen LogP contribution in [-0.2, 0) is 35.8 Å². The summed E-state index contributed by atoms with van der Waals surface area (Å²) in [6, 6.07) is 35.2. The van der Waals surface area contributed by atoms with E-state index in [0.717, 1.165) is 87.2 Å². The first kappa shape index (κ1) is 55.1. The third-order valence-corrected chi connectivity index (χ3v) is 10.8. The normalized spacial score (nSPS) is 10.5. The second kappa shape index (κ2) is 32.5. The maximum Gasteiger partial charge on any atom is 0.289 e. The van der Waals surface area contributed by atoms with E-state index in [9.17, 15) is 9.59 Å². The van der Waals surface area contributed by atoms with E-state index in [2.05, 4.69) is 34.5 Å². The van der Waals surface area contributed by atoms with Gasteiger partial charge in [-0.1, -0.05) is 146 Å². The van der Waals surface area contributed by atoms with Crippen molar-refractivity contribution in [2.24, 2.45) is 0 Å². The fourth-order valence-corrected chi connectivity index (χ4v) is 6.54. The zero-order valence-corrected chi connectivity index (χ0v) is 39.4. The monoisotopic (exact) mass is 964 g/mol. The molecule has 0 atom stereocenters. The number of methoxy groups -OCH3 is 2. The van der Waals surface area contributed by atoms with Crippen LogP contribution >= 0.6 is 34.8 Å². The van der Waals surface area contributed by atoms with Crippen molar-refractivity contribution in [1.29, 1.82) is 0 Å². The molecular formula is C51H63Cl3N4O8. The van der Waals surface area contributed by atoms with Crippen LogP contribution in [0.5, 0.6) is 17.2 Å². The SMILES string of the molecule is C.COc1ccc(Cn2ncc(Cl)c(Cl)c2=O)cc1.COc1ccc(Cn2ncc(OCCCCCCOCc3ccccc3)c(Cl)c2=O)cc1.OCCCCCCOCc1ccccc1.